The number of hydrogen-bond acceptors (Lipinski definition) is 3. The van der Waals surface area contributed by atoms with Gasteiger partial charge in [-0.05, 0) is 36.6 Å². The van der Waals surface area contributed by atoms with E-state index < -0.39 is 15.1 Å². The summed E-state index contributed by atoms with van der Waals surface area (Å²) >= 11 is 0. The van der Waals surface area contributed by atoms with Crippen molar-refractivity contribution < 1.29 is 13.2 Å². The highest BCUT2D eigenvalue weighted by Crippen LogP contribution is 2.36. The van der Waals surface area contributed by atoms with Gasteiger partial charge in [-0.15, -0.1) is 0 Å². The quantitative estimate of drug-likeness (QED) is 0.618. The van der Waals surface area contributed by atoms with E-state index in [-0.39, 0.29) is 16.7 Å². The molecular weight excluding hydrogens is 394 g/mol. The average Bonchev–Trinajstić information content (AvgIpc) is 2.76. The number of aryl methyl sites for hydroxylation is 1. The second-order valence-electron chi connectivity index (χ2n) is 7.83. The van der Waals surface area contributed by atoms with Gasteiger partial charge in [0.25, 0.3) is 0 Å². The van der Waals surface area contributed by atoms with Crippen molar-refractivity contribution in [2.75, 3.05) is 6.54 Å². The van der Waals surface area contributed by atoms with Gasteiger partial charge < -0.3 is 4.90 Å². The van der Waals surface area contributed by atoms with E-state index in [2.05, 4.69) is 0 Å². The Bertz CT molecular complexity index is 1110. The molecule has 0 saturated carbocycles. The van der Waals surface area contributed by atoms with Crippen LogP contribution in [0.1, 0.15) is 29.0 Å². The molecule has 2 atom stereocenters. The van der Waals surface area contributed by atoms with Gasteiger partial charge in [-0.25, -0.2) is 8.42 Å². The molecule has 4 nitrogen and oxygen atoms in total. The molecule has 1 heterocycles. The summed E-state index contributed by atoms with van der Waals surface area (Å²) in [6, 6.07) is 26.0. The molecule has 5 heteroatoms. The molecule has 154 valence electrons. The predicted octanol–water partition coefficient (Wildman–Crippen LogP) is 4.35. The Morgan fingerprint density at radius 3 is 2.10 bits per heavy atom. The van der Waals surface area contributed by atoms with E-state index in [4.69, 9.17) is 0 Å². The second-order valence-corrected chi connectivity index (χ2v) is 9.90. The maximum absolute atomic E-state index is 13.6. The molecule has 4 rings (SSSR count). The fourth-order valence-corrected chi connectivity index (χ4v) is 6.08. The van der Waals surface area contributed by atoms with Crippen LogP contribution in [0.3, 0.4) is 0 Å². The summed E-state index contributed by atoms with van der Waals surface area (Å²) in [5.74, 6) is -0.684. The highest BCUT2D eigenvalue weighted by molar-refractivity contribution is 7.92. The normalized spacial score (nSPS) is 19.6. The highest BCUT2D eigenvalue weighted by atomic mass is 32.2. The number of carbonyl (C=O) groups is 1. The first-order chi connectivity index (χ1) is 14.5. The molecular formula is C25H25NO3S. The van der Waals surface area contributed by atoms with Gasteiger partial charge in [0, 0.05) is 19.0 Å². The zero-order chi connectivity index (χ0) is 21.1. The Balaban J connectivity index is 1.73. The summed E-state index contributed by atoms with van der Waals surface area (Å²) in [6.07, 6.45) is 0.609. The van der Waals surface area contributed by atoms with E-state index in [0.29, 0.717) is 19.5 Å². The van der Waals surface area contributed by atoms with Gasteiger partial charge in [0.2, 0.25) is 5.91 Å². The summed E-state index contributed by atoms with van der Waals surface area (Å²) in [4.78, 5) is 15.4. The summed E-state index contributed by atoms with van der Waals surface area (Å²) in [5, 5.41) is -1.12. The second kappa shape index (κ2) is 8.44. The molecule has 3 aromatic carbocycles. The zero-order valence-electron chi connectivity index (χ0n) is 16.9. The Hall–Kier alpha value is -2.92. The third-order valence-corrected chi connectivity index (χ3v) is 7.89. The van der Waals surface area contributed by atoms with Gasteiger partial charge in [-0.2, -0.15) is 0 Å². The minimum Gasteiger partial charge on any atom is -0.337 e. The summed E-state index contributed by atoms with van der Waals surface area (Å²) in [6.45, 7) is 2.87. The molecule has 0 aliphatic carbocycles. The number of rotatable bonds is 5. The number of sulfone groups is 1. The molecule has 1 amide bonds. The van der Waals surface area contributed by atoms with Crippen molar-refractivity contribution in [2.24, 2.45) is 0 Å². The van der Waals surface area contributed by atoms with Crippen molar-refractivity contribution in [3.63, 3.8) is 0 Å². The molecule has 3 aromatic rings. The van der Waals surface area contributed by atoms with E-state index in [1.165, 1.54) is 0 Å². The van der Waals surface area contributed by atoms with Gasteiger partial charge in [0.15, 0.2) is 15.1 Å². The molecule has 0 radical (unpaired) electrons. The molecule has 2 unspecified atom stereocenters. The maximum atomic E-state index is 13.6. The number of amides is 1. The van der Waals surface area contributed by atoms with Gasteiger partial charge in [-0.3, -0.25) is 4.79 Å². The lowest BCUT2D eigenvalue weighted by atomic mass is 9.88. The van der Waals surface area contributed by atoms with Crippen LogP contribution in [0.4, 0.5) is 0 Å². The minimum absolute atomic E-state index is 0.203. The van der Waals surface area contributed by atoms with E-state index in [1.807, 2.05) is 67.6 Å². The third-order valence-electron chi connectivity index (χ3n) is 5.76. The van der Waals surface area contributed by atoms with Crippen LogP contribution < -0.4 is 0 Å². The number of piperidine rings is 1. The summed E-state index contributed by atoms with van der Waals surface area (Å²) < 4.78 is 27.3. The van der Waals surface area contributed by atoms with Crippen LogP contribution in [0.2, 0.25) is 0 Å². The lowest BCUT2D eigenvalue weighted by molar-refractivity contribution is -0.134. The average molecular weight is 420 g/mol. The molecule has 0 N–H and O–H groups in total. The molecule has 30 heavy (non-hydrogen) atoms. The lowest BCUT2D eigenvalue weighted by Gasteiger charge is -2.38. The minimum atomic E-state index is -3.84. The van der Waals surface area contributed by atoms with Crippen molar-refractivity contribution in [3.05, 3.63) is 102 Å². The Morgan fingerprint density at radius 1 is 0.867 bits per heavy atom. The van der Waals surface area contributed by atoms with E-state index in [0.717, 1.165) is 16.7 Å². The molecule has 0 spiro atoms. The number of carbonyl (C=O) groups excluding carboxylic acids is 1. The van der Waals surface area contributed by atoms with Crippen LogP contribution in [0, 0.1) is 6.92 Å². The van der Waals surface area contributed by atoms with Crippen molar-refractivity contribution >= 4 is 15.7 Å². The number of nitrogens with zero attached hydrogens (tertiary/aromatic N) is 1. The number of benzene rings is 3. The van der Waals surface area contributed by atoms with Crippen molar-refractivity contribution in [1.82, 2.24) is 4.90 Å². The fourth-order valence-electron chi connectivity index (χ4n) is 4.13. The van der Waals surface area contributed by atoms with Crippen LogP contribution in [0.5, 0.6) is 0 Å². The first-order valence-corrected chi connectivity index (χ1v) is 11.7. The fraction of sp³-hybridized carbons (Fsp3) is 0.240. The predicted molar refractivity (Wildman–Crippen MR) is 118 cm³/mol. The monoisotopic (exact) mass is 419 g/mol. The highest BCUT2D eigenvalue weighted by Gasteiger charge is 2.46. The summed E-state index contributed by atoms with van der Waals surface area (Å²) in [5.41, 5.74) is 2.87. The number of hydrogen-bond donors (Lipinski definition) is 0. The van der Waals surface area contributed by atoms with E-state index >= 15 is 0 Å². The van der Waals surface area contributed by atoms with Gasteiger partial charge >= 0.3 is 0 Å². The van der Waals surface area contributed by atoms with Crippen LogP contribution in [0.25, 0.3) is 0 Å². The Kier molecular flexibility index (Phi) is 5.73. The first-order valence-electron chi connectivity index (χ1n) is 10.1. The van der Waals surface area contributed by atoms with Gasteiger partial charge in [0.1, 0.15) is 0 Å². The SMILES string of the molecule is Cc1ccc(S(=O)(=O)C2C(=O)N(Cc3ccccc3)CCC2c2ccccc2)cc1. The van der Waals surface area contributed by atoms with Gasteiger partial charge in [0.05, 0.1) is 4.90 Å². The first kappa shape index (κ1) is 20.4. The third kappa shape index (κ3) is 4.03. The van der Waals surface area contributed by atoms with Crippen LogP contribution in [0.15, 0.2) is 89.8 Å². The van der Waals surface area contributed by atoms with Crippen LogP contribution in [-0.4, -0.2) is 31.0 Å². The van der Waals surface area contributed by atoms with E-state index in [9.17, 15) is 13.2 Å². The topological polar surface area (TPSA) is 54.5 Å². The molecule has 1 aliphatic heterocycles. The van der Waals surface area contributed by atoms with Crippen LogP contribution in [-0.2, 0) is 21.2 Å². The van der Waals surface area contributed by atoms with Gasteiger partial charge in [-0.1, -0.05) is 78.4 Å². The smallest absolute Gasteiger partial charge is 0.242 e. The Morgan fingerprint density at radius 2 is 1.47 bits per heavy atom. The van der Waals surface area contributed by atoms with Crippen LogP contribution >= 0.6 is 0 Å². The molecule has 0 aromatic heterocycles. The van der Waals surface area contributed by atoms with Crippen molar-refractivity contribution in [2.45, 2.75) is 36.0 Å². The standard InChI is InChI=1S/C25H25NO3S/c1-19-12-14-22(15-13-19)30(28,29)24-23(21-10-6-3-7-11-21)16-17-26(25(24)27)18-20-8-4-2-5-9-20/h2-15,23-24H,16-18H2,1H3. The molecule has 1 aliphatic rings. The van der Waals surface area contributed by atoms with E-state index in [1.54, 1.807) is 29.2 Å². The Labute approximate surface area is 178 Å². The summed E-state index contributed by atoms with van der Waals surface area (Å²) in [7, 11) is -3.84. The maximum Gasteiger partial charge on any atom is 0.242 e. The molecule has 0 bridgehead atoms. The van der Waals surface area contributed by atoms with Crippen molar-refractivity contribution in [3.8, 4) is 0 Å². The zero-order valence-corrected chi connectivity index (χ0v) is 17.8. The molecule has 1 fully saturated rings. The number of likely N-dealkylation sites (tertiary alicyclic amines) is 1. The molecule has 1 saturated heterocycles. The lowest BCUT2D eigenvalue weighted by Crippen LogP contribution is -2.51. The largest absolute Gasteiger partial charge is 0.337 e. The van der Waals surface area contributed by atoms with Crippen molar-refractivity contribution in [1.29, 1.82) is 0 Å².